The zero-order valence-electron chi connectivity index (χ0n) is 14.1. The second-order valence-electron chi connectivity index (χ2n) is 6.97. The average molecular weight is 361 g/mol. The van der Waals surface area contributed by atoms with Crippen molar-refractivity contribution < 1.29 is 12.9 Å². The summed E-state index contributed by atoms with van der Waals surface area (Å²) in [5.41, 5.74) is 8.89. The van der Waals surface area contributed by atoms with Crippen molar-refractivity contribution in [3.63, 3.8) is 0 Å². The van der Waals surface area contributed by atoms with Gasteiger partial charge in [-0.05, 0) is 61.8 Å². The summed E-state index contributed by atoms with van der Waals surface area (Å²) in [6.45, 7) is 0.994. The number of benzene rings is 1. The highest BCUT2D eigenvalue weighted by Gasteiger charge is 2.31. The minimum atomic E-state index is -3.43. The first-order valence-electron chi connectivity index (χ1n) is 8.88. The van der Waals surface area contributed by atoms with Crippen LogP contribution in [0, 0.1) is 0 Å². The Morgan fingerprint density at radius 3 is 2.48 bits per heavy atom. The predicted octanol–water partition coefficient (Wildman–Crippen LogP) is 2.70. The van der Waals surface area contributed by atoms with Crippen LogP contribution in [0.1, 0.15) is 48.4 Å². The van der Waals surface area contributed by atoms with Gasteiger partial charge in [-0.3, -0.25) is 0 Å². The average Bonchev–Trinajstić information content (AvgIpc) is 3.08. The van der Waals surface area contributed by atoms with Gasteiger partial charge in [0.2, 0.25) is 15.9 Å². The standard InChI is InChI=1S/C18H23N3O3S/c19-18-12-17(20-24-18)14-7-9-21(10-8-14)25(22,23)16-6-5-13-3-1-2-4-15(13)11-16/h5-6,11-12,14H,1-4,7-10,19H2. The van der Waals surface area contributed by atoms with Gasteiger partial charge in [0, 0.05) is 25.1 Å². The number of nitrogens with two attached hydrogens (primary N) is 1. The number of hydrogen-bond donors (Lipinski definition) is 1. The van der Waals surface area contributed by atoms with E-state index in [4.69, 9.17) is 10.3 Å². The number of hydrogen-bond acceptors (Lipinski definition) is 5. The number of sulfonamides is 1. The first-order valence-corrected chi connectivity index (χ1v) is 10.3. The molecule has 1 aromatic carbocycles. The molecule has 0 amide bonds. The van der Waals surface area contributed by atoms with Crippen molar-refractivity contribution in [1.29, 1.82) is 0 Å². The van der Waals surface area contributed by atoms with Gasteiger partial charge in [0.15, 0.2) is 0 Å². The van der Waals surface area contributed by atoms with Crippen LogP contribution >= 0.6 is 0 Å². The zero-order chi connectivity index (χ0) is 17.4. The number of aryl methyl sites for hydroxylation is 2. The second kappa shape index (κ2) is 6.46. The summed E-state index contributed by atoms with van der Waals surface area (Å²) in [6.07, 6.45) is 5.84. The maximum Gasteiger partial charge on any atom is 0.243 e. The van der Waals surface area contributed by atoms with E-state index >= 15 is 0 Å². The molecule has 1 aromatic heterocycles. The molecule has 0 saturated carbocycles. The molecule has 1 saturated heterocycles. The van der Waals surface area contributed by atoms with Crippen LogP contribution in [0.2, 0.25) is 0 Å². The molecule has 2 heterocycles. The van der Waals surface area contributed by atoms with Gasteiger partial charge in [-0.15, -0.1) is 0 Å². The molecule has 0 atom stereocenters. The van der Waals surface area contributed by atoms with E-state index in [-0.39, 0.29) is 5.92 Å². The molecule has 2 aliphatic rings. The largest absolute Gasteiger partial charge is 0.368 e. The fourth-order valence-corrected chi connectivity index (χ4v) is 5.43. The van der Waals surface area contributed by atoms with Crippen LogP contribution in [0.15, 0.2) is 33.7 Å². The molecular weight excluding hydrogens is 338 g/mol. The summed E-state index contributed by atoms with van der Waals surface area (Å²) in [4.78, 5) is 0.428. The van der Waals surface area contributed by atoms with Crippen LogP contribution < -0.4 is 5.73 Å². The third-order valence-electron chi connectivity index (χ3n) is 5.38. The minimum absolute atomic E-state index is 0.205. The number of rotatable bonds is 3. The lowest BCUT2D eigenvalue weighted by molar-refractivity contribution is 0.309. The maximum atomic E-state index is 13.0. The molecule has 1 fully saturated rings. The Bertz CT molecular complexity index is 867. The second-order valence-corrected chi connectivity index (χ2v) is 8.91. The van der Waals surface area contributed by atoms with E-state index in [1.54, 1.807) is 16.4 Å². The maximum absolute atomic E-state index is 13.0. The number of nitrogens with zero attached hydrogens (tertiary/aromatic N) is 2. The zero-order valence-corrected chi connectivity index (χ0v) is 15.0. The van der Waals surface area contributed by atoms with Gasteiger partial charge in [-0.2, -0.15) is 4.31 Å². The van der Waals surface area contributed by atoms with E-state index in [0.29, 0.717) is 23.9 Å². The summed E-state index contributed by atoms with van der Waals surface area (Å²) in [5.74, 6) is 0.509. The highest BCUT2D eigenvalue weighted by molar-refractivity contribution is 7.89. The number of anilines is 1. The highest BCUT2D eigenvalue weighted by Crippen LogP contribution is 2.32. The highest BCUT2D eigenvalue weighted by atomic mass is 32.2. The molecule has 2 aromatic rings. The first kappa shape index (κ1) is 16.6. The van der Waals surface area contributed by atoms with Gasteiger partial charge >= 0.3 is 0 Å². The Labute approximate surface area is 148 Å². The summed E-state index contributed by atoms with van der Waals surface area (Å²) in [7, 11) is -3.43. The molecule has 0 bridgehead atoms. The summed E-state index contributed by atoms with van der Waals surface area (Å²) in [6, 6.07) is 7.38. The van der Waals surface area contributed by atoms with E-state index in [0.717, 1.165) is 37.8 Å². The lowest BCUT2D eigenvalue weighted by Gasteiger charge is -2.30. The number of aromatic nitrogens is 1. The van der Waals surface area contributed by atoms with Crippen LogP contribution in [0.4, 0.5) is 5.88 Å². The van der Waals surface area contributed by atoms with Crippen molar-refractivity contribution >= 4 is 15.9 Å². The monoisotopic (exact) mass is 361 g/mol. The van der Waals surface area contributed by atoms with Crippen molar-refractivity contribution in [2.24, 2.45) is 0 Å². The van der Waals surface area contributed by atoms with E-state index in [2.05, 4.69) is 5.16 Å². The third kappa shape index (κ3) is 3.18. The molecule has 0 unspecified atom stereocenters. The summed E-state index contributed by atoms with van der Waals surface area (Å²) < 4.78 is 32.5. The molecule has 25 heavy (non-hydrogen) atoms. The Hall–Kier alpha value is -1.86. The fourth-order valence-electron chi connectivity index (χ4n) is 3.91. The summed E-state index contributed by atoms with van der Waals surface area (Å²) >= 11 is 0. The lowest BCUT2D eigenvalue weighted by atomic mass is 9.92. The fraction of sp³-hybridized carbons (Fsp3) is 0.500. The van der Waals surface area contributed by atoms with Crippen LogP contribution in [0.25, 0.3) is 0 Å². The Kier molecular flexibility index (Phi) is 4.29. The Morgan fingerprint density at radius 1 is 1.08 bits per heavy atom. The molecule has 2 N–H and O–H groups in total. The normalized spacial score (nSPS) is 19.7. The van der Waals surface area contributed by atoms with E-state index in [9.17, 15) is 8.42 Å². The third-order valence-corrected chi connectivity index (χ3v) is 7.27. The van der Waals surface area contributed by atoms with Crippen molar-refractivity contribution in [3.8, 4) is 0 Å². The van der Waals surface area contributed by atoms with Crippen LogP contribution in [-0.2, 0) is 22.9 Å². The van der Waals surface area contributed by atoms with Gasteiger partial charge < -0.3 is 10.3 Å². The number of fused-ring (bicyclic) bond motifs is 1. The van der Waals surface area contributed by atoms with Crippen molar-refractivity contribution in [1.82, 2.24) is 9.46 Å². The Morgan fingerprint density at radius 2 is 1.80 bits per heavy atom. The van der Waals surface area contributed by atoms with Gasteiger partial charge in [0.1, 0.15) is 0 Å². The van der Waals surface area contributed by atoms with Crippen LogP contribution in [-0.4, -0.2) is 31.0 Å². The quantitative estimate of drug-likeness (QED) is 0.908. The molecule has 7 heteroatoms. The molecule has 1 aliphatic carbocycles. The van der Waals surface area contributed by atoms with Gasteiger partial charge in [0.05, 0.1) is 10.6 Å². The van der Waals surface area contributed by atoms with E-state index in [1.165, 1.54) is 17.5 Å². The van der Waals surface area contributed by atoms with Gasteiger partial charge in [-0.25, -0.2) is 8.42 Å². The SMILES string of the molecule is Nc1cc(C2CCN(S(=O)(=O)c3ccc4c(c3)CCCC4)CC2)no1. The molecule has 1 aliphatic heterocycles. The van der Waals surface area contributed by atoms with Gasteiger partial charge in [-0.1, -0.05) is 11.2 Å². The smallest absolute Gasteiger partial charge is 0.243 e. The molecule has 134 valence electrons. The predicted molar refractivity (Wildman–Crippen MR) is 94.7 cm³/mol. The Balaban J connectivity index is 1.50. The molecule has 0 spiro atoms. The van der Waals surface area contributed by atoms with Crippen LogP contribution in [0.3, 0.4) is 0 Å². The van der Waals surface area contributed by atoms with Crippen molar-refractivity contribution in [2.75, 3.05) is 18.8 Å². The number of nitrogen functional groups attached to an aromatic ring is 1. The first-order chi connectivity index (χ1) is 12.0. The number of piperidine rings is 1. The molecule has 6 nitrogen and oxygen atoms in total. The van der Waals surface area contributed by atoms with Crippen LogP contribution in [0.5, 0.6) is 0 Å². The molecular formula is C18H23N3O3S. The minimum Gasteiger partial charge on any atom is -0.368 e. The molecule has 0 radical (unpaired) electrons. The van der Waals surface area contributed by atoms with E-state index < -0.39 is 10.0 Å². The van der Waals surface area contributed by atoms with E-state index in [1.807, 2.05) is 12.1 Å². The molecule has 4 rings (SSSR count). The van der Waals surface area contributed by atoms with Crippen molar-refractivity contribution in [3.05, 3.63) is 41.1 Å². The van der Waals surface area contributed by atoms with Crippen molar-refractivity contribution in [2.45, 2.75) is 49.3 Å². The lowest BCUT2D eigenvalue weighted by Crippen LogP contribution is -2.38. The van der Waals surface area contributed by atoms with Gasteiger partial charge in [0.25, 0.3) is 0 Å². The topological polar surface area (TPSA) is 89.4 Å². The summed E-state index contributed by atoms with van der Waals surface area (Å²) in [5, 5.41) is 3.97.